The molecule has 1 atom stereocenters. The lowest BCUT2D eigenvalue weighted by molar-refractivity contribution is 0.566. The number of sulfonamides is 1. The summed E-state index contributed by atoms with van der Waals surface area (Å²) in [4.78, 5) is 0. The molecule has 0 saturated carbocycles. The first-order valence-electron chi connectivity index (χ1n) is 5.29. The third-order valence-corrected chi connectivity index (χ3v) is 4.09. The van der Waals surface area contributed by atoms with E-state index < -0.39 is 15.3 Å². The maximum absolute atomic E-state index is 11.7. The highest BCUT2D eigenvalue weighted by Gasteiger charge is 2.23. The molecule has 1 N–H and O–H groups in total. The zero-order valence-corrected chi connectivity index (χ0v) is 10.6. The lowest BCUT2D eigenvalue weighted by Gasteiger charge is -2.09. The van der Waals surface area contributed by atoms with Crippen molar-refractivity contribution in [3.63, 3.8) is 0 Å². The molecule has 17 heavy (non-hydrogen) atoms. The van der Waals surface area contributed by atoms with Crippen molar-refractivity contribution in [3.05, 3.63) is 12.2 Å². The van der Waals surface area contributed by atoms with Crippen LogP contribution in [0.2, 0.25) is 0 Å². The predicted octanol–water partition coefficient (Wildman–Crippen LogP) is 0.0196. The highest BCUT2D eigenvalue weighted by molar-refractivity contribution is 7.90. The fourth-order valence-electron chi connectivity index (χ4n) is 1.33. The van der Waals surface area contributed by atoms with Crippen molar-refractivity contribution in [1.29, 1.82) is 5.26 Å². The minimum atomic E-state index is -3.62. The van der Waals surface area contributed by atoms with E-state index in [9.17, 15) is 8.42 Å². The summed E-state index contributed by atoms with van der Waals surface area (Å²) in [7, 11) is -3.62. The van der Waals surface area contributed by atoms with Crippen LogP contribution in [0.4, 0.5) is 0 Å². The van der Waals surface area contributed by atoms with E-state index in [0.717, 1.165) is 0 Å². The average Bonchev–Trinajstić information content (AvgIpc) is 2.75. The SMILES string of the molecule is CCC(C#N)S(=O)(=O)NCc1nncn1CC. The monoisotopic (exact) mass is 257 g/mol. The van der Waals surface area contributed by atoms with Gasteiger partial charge in [0.15, 0.2) is 5.25 Å². The van der Waals surface area contributed by atoms with Gasteiger partial charge in [0.05, 0.1) is 12.6 Å². The topological polar surface area (TPSA) is 101 Å². The first-order valence-corrected chi connectivity index (χ1v) is 6.84. The molecule has 0 amide bonds. The second kappa shape index (κ2) is 5.75. The Morgan fingerprint density at radius 3 is 2.82 bits per heavy atom. The second-order valence-electron chi connectivity index (χ2n) is 3.43. The van der Waals surface area contributed by atoms with Gasteiger partial charge in [0.2, 0.25) is 10.0 Å². The molecule has 0 radical (unpaired) electrons. The molecule has 0 aliphatic carbocycles. The number of hydrogen-bond acceptors (Lipinski definition) is 5. The van der Waals surface area contributed by atoms with E-state index in [1.807, 2.05) is 6.92 Å². The summed E-state index contributed by atoms with van der Waals surface area (Å²) in [5.41, 5.74) is 0. The van der Waals surface area contributed by atoms with Gasteiger partial charge in [0, 0.05) is 6.54 Å². The molecule has 0 aliphatic heterocycles. The van der Waals surface area contributed by atoms with Crippen LogP contribution in [0.5, 0.6) is 0 Å². The Hall–Kier alpha value is -1.46. The molecule has 0 aromatic carbocycles. The molecule has 1 aromatic rings. The van der Waals surface area contributed by atoms with Crippen molar-refractivity contribution in [3.8, 4) is 6.07 Å². The van der Waals surface area contributed by atoms with Crippen LogP contribution < -0.4 is 4.72 Å². The van der Waals surface area contributed by atoms with Crippen LogP contribution in [-0.2, 0) is 23.1 Å². The van der Waals surface area contributed by atoms with Crippen molar-refractivity contribution in [2.75, 3.05) is 0 Å². The summed E-state index contributed by atoms with van der Waals surface area (Å²) >= 11 is 0. The van der Waals surface area contributed by atoms with E-state index in [-0.39, 0.29) is 13.0 Å². The maximum Gasteiger partial charge on any atom is 0.228 e. The predicted molar refractivity (Wildman–Crippen MR) is 61.1 cm³/mol. The molecule has 0 bridgehead atoms. The maximum atomic E-state index is 11.7. The summed E-state index contributed by atoms with van der Waals surface area (Å²) in [5, 5.41) is 15.2. The number of aromatic nitrogens is 3. The zero-order valence-electron chi connectivity index (χ0n) is 9.79. The highest BCUT2D eigenvalue weighted by atomic mass is 32.2. The molecular weight excluding hydrogens is 242 g/mol. The lowest BCUT2D eigenvalue weighted by Crippen LogP contribution is -2.33. The lowest BCUT2D eigenvalue weighted by atomic mass is 10.4. The summed E-state index contributed by atoms with van der Waals surface area (Å²) in [6.45, 7) is 4.28. The quantitative estimate of drug-likeness (QED) is 0.774. The van der Waals surface area contributed by atoms with E-state index in [0.29, 0.717) is 12.4 Å². The van der Waals surface area contributed by atoms with Crippen LogP contribution in [0.3, 0.4) is 0 Å². The van der Waals surface area contributed by atoms with Crippen molar-refractivity contribution >= 4 is 10.0 Å². The molecular formula is C9H15N5O2S. The second-order valence-corrected chi connectivity index (χ2v) is 5.37. The number of aryl methyl sites for hydroxylation is 1. The molecule has 0 aliphatic rings. The minimum Gasteiger partial charge on any atom is -0.317 e. The van der Waals surface area contributed by atoms with Crippen LogP contribution in [0, 0.1) is 11.3 Å². The summed E-state index contributed by atoms with van der Waals surface area (Å²) in [5.74, 6) is 0.531. The van der Waals surface area contributed by atoms with Gasteiger partial charge in [-0.2, -0.15) is 5.26 Å². The summed E-state index contributed by atoms with van der Waals surface area (Å²) in [6.07, 6.45) is 1.79. The molecule has 1 unspecified atom stereocenters. The van der Waals surface area contributed by atoms with Crippen LogP contribution in [0.15, 0.2) is 6.33 Å². The molecule has 8 heteroatoms. The smallest absolute Gasteiger partial charge is 0.228 e. The first-order chi connectivity index (χ1) is 8.05. The Bertz CT molecular complexity index is 502. The van der Waals surface area contributed by atoms with Crippen LogP contribution in [0.1, 0.15) is 26.1 Å². The number of nitrogens with zero attached hydrogens (tertiary/aromatic N) is 4. The zero-order chi connectivity index (χ0) is 12.9. The molecule has 1 rings (SSSR count). The van der Waals surface area contributed by atoms with E-state index >= 15 is 0 Å². The Morgan fingerprint density at radius 1 is 1.59 bits per heavy atom. The van der Waals surface area contributed by atoms with Gasteiger partial charge in [0.1, 0.15) is 12.2 Å². The Morgan fingerprint density at radius 2 is 2.29 bits per heavy atom. The third kappa shape index (κ3) is 3.25. The van der Waals surface area contributed by atoms with Gasteiger partial charge in [-0.25, -0.2) is 13.1 Å². The van der Waals surface area contributed by atoms with E-state index in [4.69, 9.17) is 5.26 Å². The van der Waals surface area contributed by atoms with Gasteiger partial charge < -0.3 is 4.57 Å². The third-order valence-electron chi connectivity index (χ3n) is 2.36. The summed E-state index contributed by atoms with van der Waals surface area (Å²) in [6, 6.07) is 1.76. The molecule has 0 spiro atoms. The van der Waals surface area contributed by atoms with Crippen molar-refractivity contribution in [2.24, 2.45) is 0 Å². The van der Waals surface area contributed by atoms with E-state index in [1.54, 1.807) is 17.6 Å². The van der Waals surface area contributed by atoms with Crippen LogP contribution in [-0.4, -0.2) is 28.4 Å². The molecule has 0 fully saturated rings. The van der Waals surface area contributed by atoms with Gasteiger partial charge in [-0.05, 0) is 13.3 Å². The van der Waals surface area contributed by atoms with Crippen molar-refractivity contribution < 1.29 is 8.42 Å². The Balaban J connectivity index is 2.71. The van der Waals surface area contributed by atoms with Gasteiger partial charge in [0.25, 0.3) is 0 Å². The van der Waals surface area contributed by atoms with E-state index in [2.05, 4.69) is 14.9 Å². The summed E-state index contributed by atoms with van der Waals surface area (Å²) < 4.78 is 27.5. The fraction of sp³-hybridized carbons (Fsp3) is 0.667. The largest absolute Gasteiger partial charge is 0.317 e. The van der Waals surface area contributed by atoms with Gasteiger partial charge in [-0.1, -0.05) is 6.92 Å². The Labute approximate surface area is 101 Å². The van der Waals surface area contributed by atoms with Gasteiger partial charge in [-0.15, -0.1) is 10.2 Å². The minimum absolute atomic E-state index is 0.0500. The average molecular weight is 257 g/mol. The molecule has 1 aromatic heterocycles. The number of nitriles is 1. The van der Waals surface area contributed by atoms with Crippen LogP contribution >= 0.6 is 0 Å². The standard InChI is InChI=1S/C9H15N5O2S/c1-3-8(5-10)17(15,16)12-6-9-13-11-7-14(9)4-2/h7-8,12H,3-4,6H2,1-2H3. The normalized spacial score (nSPS) is 13.2. The van der Waals surface area contributed by atoms with Crippen molar-refractivity contribution in [2.45, 2.75) is 38.6 Å². The number of hydrogen-bond donors (Lipinski definition) is 1. The molecule has 1 heterocycles. The molecule has 0 saturated heterocycles. The molecule has 94 valence electrons. The van der Waals surface area contributed by atoms with E-state index in [1.165, 1.54) is 6.33 Å². The fourth-order valence-corrected chi connectivity index (χ4v) is 2.43. The van der Waals surface area contributed by atoms with Gasteiger partial charge in [-0.3, -0.25) is 0 Å². The first kappa shape index (κ1) is 13.6. The van der Waals surface area contributed by atoms with Gasteiger partial charge >= 0.3 is 0 Å². The van der Waals surface area contributed by atoms with Crippen molar-refractivity contribution in [1.82, 2.24) is 19.5 Å². The highest BCUT2D eigenvalue weighted by Crippen LogP contribution is 2.04. The van der Waals surface area contributed by atoms with Crippen LogP contribution in [0.25, 0.3) is 0 Å². The Kier molecular flexibility index (Phi) is 4.60. The number of nitrogens with one attached hydrogen (secondary N) is 1. The molecule has 7 nitrogen and oxygen atoms in total. The number of rotatable bonds is 6.